The highest BCUT2D eigenvalue weighted by molar-refractivity contribution is 5.82. The smallest absolute Gasteiger partial charge is 0.228 e. The fraction of sp³-hybridized carbons (Fsp3) is 0.917. The van der Waals surface area contributed by atoms with E-state index in [0.717, 1.165) is 32.4 Å². The van der Waals surface area contributed by atoms with E-state index in [1.807, 2.05) is 11.8 Å². The molecule has 0 heterocycles. The molecule has 1 rings (SSSR count). The lowest BCUT2D eigenvalue weighted by Gasteiger charge is -2.30. The zero-order valence-corrected chi connectivity index (χ0v) is 10.1. The topological polar surface area (TPSA) is 46.3 Å². The third-order valence-electron chi connectivity index (χ3n) is 3.52. The van der Waals surface area contributed by atoms with Crippen molar-refractivity contribution in [2.75, 3.05) is 19.6 Å². The van der Waals surface area contributed by atoms with Gasteiger partial charge in [-0.2, -0.15) is 0 Å². The molecule has 1 saturated carbocycles. The van der Waals surface area contributed by atoms with Gasteiger partial charge >= 0.3 is 0 Å². The maximum Gasteiger partial charge on any atom is 0.228 e. The predicted molar refractivity (Wildman–Crippen MR) is 62.5 cm³/mol. The Morgan fingerprint density at radius 2 is 2.00 bits per heavy atom. The van der Waals surface area contributed by atoms with E-state index < -0.39 is 0 Å². The standard InChI is InChI=1S/C12H24N2O/c1-3-14(10-6-9-13)11(15)12(2)7-4-5-8-12/h3-10,13H2,1-2H3. The molecule has 0 unspecified atom stereocenters. The van der Waals surface area contributed by atoms with E-state index in [-0.39, 0.29) is 5.41 Å². The second-order valence-electron chi connectivity index (χ2n) is 4.79. The SMILES string of the molecule is CCN(CCCN)C(=O)C1(C)CCCC1. The fourth-order valence-corrected chi connectivity index (χ4v) is 2.44. The van der Waals surface area contributed by atoms with Crippen molar-refractivity contribution in [2.45, 2.75) is 46.0 Å². The van der Waals surface area contributed by atoms with Gasteiger partial charge in [0, 0.05) is 18.5 Å². The molecule has 0 radical (unpaired) electrons. The van der Waals surface area contributed by atoms with Crippen molar-refractivity contribution in [3.05, 3.63) is 0 Å². The first-order valence-corrected chi connectivity index (χ1v) is 6.13. The normalized spacial score (nSPS) is 19.1. The molecule has 0 aliphatic heterocycles. The summed E-state index contributed by atoms with van der Waals surface area (Å²) in [7, 11) is 0. The van der Waals surface area contributed by atoms with Crippen LogP contribution in [0.1, 0.15) is 46.0 Å². The summed E-state index contributed by atoms with van der Waals surface area (Å²) in [6.07, 6.45) is 5.44. The number of hydrogen-bond donors (Lipinski definition) is 1. The van der Waals surface area contributed by atoms with Crippen molar-refractivity contribution in [1.82, 2.24) is 4.90 Å². The Balaban J connectivity index is 2.55. The van der Waals surface area contributed by atoms with Gasteiger partial charge in [0.1, 0.15) is 0 Å². The number of nitrogens with two attached hydrogens (primary N) is 1. The number of carbonyl (C=O) groups is 1. The van der Waals surface area contributed by atoms with Gasteiger partial charge in [0.2, 0.25) is 5.91 Å². The van der Waals surface area contributed by atoms with Crippen molar-refractivity contribution in [3.8, 4) is 0 Å². The largest absolute Gasteiger partial charge is 0.342 e. The number of hydrogen-bond acceptors (Lipinski definition) is 2. The summed E-state index contributed by atoms with van der Waals surface area (Å²) in [5, 5.41) is 0. The Bertz CT molecular complexity index is 210. The highest BCUT2D eigenvalue weighted by Gasteiger charge is 2.38. The van der Waals surface area contributed by atoms with E-state index in [0.29, 0.717) is 12.5 Å². The maximum absolute atomic E-state index is 12.3. The Kier molecular flexibility index (Phi) is 4.58. The molecule has 0 aromatic heterocycles. The van der Waals surface area contributed by atoms with Gasteiger partial charge in [-0.15, -0.1) is 0 Å². The lowest BCUT2D eigenvalue weighted by atomic mass is 9.87. The quantitative estimate of drug-likeness (QED) is 0.755. The molecule has 3 heteroatoms. The molecule has 0 aromatic rings. The number of amides is 1. The number of nitrogens with zero attached hydrogens (tertiary/aromatic N) is 1. The Labute approximate surface area is 93.0 Å². The minimum Gasteiger partial charge on any atom is -0.342 e. The molecule has 15 heavy (non-hydrogen) atoms. The van der Waals surface area contributed by atoms with Gasteiger partial charge in [-0.05, 0) is 32.7 Å². The summed E-state index contributed by atoms with van der Waals surface area (Å²) >= 11 is 0. The first kappa shape index (κ1) is 12.5. The molecular weight excluding hydrogens is 188 g/mol. The first-order valence-electron chi connectivity index (χ1n) is 6.13. The van der Waals surface area contributed by atoms with E-state index in [1.165, 1.54) is 12.8 Å². The molecule has 1 amide bonds. The number of rotatable bonds is 5. The third kappa shape index (κ3) is 2.94. The van der Waals surface area contributed by atoms with Gasteiger partial charge in [-0.3, -0.25) is 4.79 Å². The van der Waals surface area contributed by atoms with Gasteiger partial charge in [-0.25, -0.2) is 0 Å². The lowest BCUT2D eigenvalue weighted by Crippen LogP contribution is -2.42. The van der Waals surface area contributed by atoms with Crippen molar-refractivity contribution in [1.29, 1.82) is 0 Å². The van der Waals surface area contributed by atoms with Crippen LogP contribution in [-0.4, -0.2) is 30.4 Å². The van der Waals surface area contributed by atoms with Crippen LogP contribution in [0.15, 0.2) is 0 Å². The zero-order chi connectivity index (χ0) is 11.3. The van der Waals surface area contributed by atoms with Crippen LogP contribution < -0.4 is 5.73 Å². The summed E-state index contributed by atoms with van der Waals surface area (Å²) in [4.78, 5) is 14.3. The third-order valence-corrected chi connectivity index (χ3v) is 3.52. The summed E-state index contributed by atoms with van der Waals surface area (Å²) in [5.74, 6) is 0.343. The lowest BCUT2D eigenvalue weighted by molar-refractivity contribution is -0.140. The van der Waals surface area contributed by atoms with E-state index in [2.05, 4.69) is 6.92 Å². The van der Waals surface area contributed by atoms with Crippen LogP contribution in [0.5, 0.6) is 0 Å². The van der Waals surface area contributed by atoms with Crippen molar-refractivity contribution in [2.24, 2.45) is 11.1 Å². The van der Waals surface area contributed by atoms with Crippen molar-refractivity contribution in [3.63, 3.8) is 0 Å². The molecule has 88 valence electrons. The molecular formula is C12H24N2O. The Morgan fingerprint density at radius 3 is 2.47 bits per heavy atom. The highest BCUT2D eigenvalue weighted by Crippen LogP contribution is 2.39. The fourth-order valence-electron chi connectivity index (χ4n) is 2.44. The van der Waals surface area contributed by atoms with E-state index >= 15 is 0 Å². The van der Waals surface area contributed by atoms with Gasteiger partial charge in [0.15, 0.2) is 0 Å². The maximum atomic E-state index is 12.3. The molecule has 0 atom stereocenters. The minimum atomic E-state index is -0.0788. The van der Waals surface area contributed by atoms with Crippen LogP contribution in [0.2, 0.25) is 0 Å². The molecule has 1 aliphatic carbocycles. The summed E-state index contributed by atoms with van der Waals surface area (Å²) in [5.41, 5.74) is 5.40. The zero-order valence-electron chi connectivity index (χ0n) is 10.1. The van der Waals surface area contributed by atoms with Crippen LogP contribution in [-0.2, 0) is 4.79 Å². The monoisotopic (exact) mass is 212 g/mol. The summed E-state index contributed by atoms with van der Waals surface area (Å²) in [6.45, 7) is 6.47. The molecule has 0 saturated heterocycles. The molecule has 3 nitrogen and oxygen atoms in total. The van der Waals surface area contributed by atoms with Gasteiger partial charge < -0.3 is 10.6 Å². The molecule has 2 N–H and O–H groups in total. The van der Waals surface area contributed by atoms with Crippen molar-refractivity contribution >= 4 is 5.91 Å². The summed E-state index contributed by atoms with van der Waals surface area (Å²) < 4.78 is 0. The van der Waals surface area contributed by atoms with Crippen molar-refractivity contribution < 1.29 is 4.79 Å². The molecule has 0 bridgehead atoms. The number of carbonyl (C=O) groups excluding carboxylic acids is 1. The summed E-state index contributed by atoms with van der Waals surface area (Å²) in [6, 6.07) is 0. The van der Waals surface area contributed by atoms with Crippen LogP contribution >= 0.6 is 0 Å². The van der Waals surface area contributed by atoms with Crippen LogP contribution in [0.25, 0.3) is 0 Å². The van der Waals surface area contributed by atoms with Gasteiger partial charge in [0.05, 0.1) is 0 Å². The Hall–Kier alpha value is -0.570. The molecule has 1 aliphatic rings. The second kappa shape index (κ2) is 5.50. The first-order chi connectivity index (χ1) is 7.14. The second-order valence-corrected chi connectivity index (χ2v) is 4.79. The highest BCUT2D eigenvalue weighted by atomic mass is 16.2. The van der Waals surface area contributed by atoms with Gasteiger partial charge in [0.25, 0.3) is 0 Å². The average Bonchev–Trinajstić information content (AvgIpc) is 2.67. The minimum absolute atomic E-state index is 0.0788. The predicted octanol–water partition coefficient (Wildman–Crippen LogP) is 1.76. The van der Waals surface area contributed by atoms with Gasteiger partial charge in [-0.1, -0.05) is 19.8 Å². The molecule has 0 spiro atoms. The van der Waals surface area contributed by atoms with E-state index in [9.17, 15) is 4.79 Å². The van der Waals surface area contributed by atoms with E-state index in [1.54, 1.807) is 0 Å². The Morgan fingerprint density at radius 1 is 1.40 bits per heavy atom. The van der Waals surface area contributed by atoms with Crippen LogP contribution in [0.3, 0.4) is 0 Å². The molecule has 0 aromatic carbocycles. The van der Waals surface area contributed by atoms with Crippen LogP contribution in [0.4, 0.5) is 0 Å². The van der Waals surface area contributed by atoms with E-state index in [4.69, 9.17) is 5.73 Å². The average molecular weight is 212 g/mol. The van der Waals surface area contributed by atoms with Crippen LogP contribution in [0, 0.1) is 5.41 Å². The molecule has 1 fully saturated rings.